The SMILES string of the molecule is CS(=O)(=O)N1CCCC2(CCNCC2)C1.Cl. The summed E-state index contributed by atoms with van der Waals surface area (Å²) in [6.07, 6.45) is 5.79. The van der Waals surface area contributed by atoms with Gasteiger partial charge in [-0.2, -0.15) is 0 Å². The first-order valence-electron chi connectivity index (χ1n) is 5.68. The summed E-state index contributed by atoms with van der Waals surface area (Å²) in [6, 6.07) is 0. The molecule has 0 atom stereocenters. The first kappa shape index (κ1) is 14.2. The molecule has 0 aliphatic carbocycles. The molecular weight excluding hydrogens is 248 g/mol. The molecule has 2 rings (SSSR count). The van der Waals surface area contributed by atoms with Gasteiger partial charge in [0.25, 0.3) is 0 Å². The van der Waals surface area contributed by atoms with Gasteiger partial charge in [0.05, 0.1) is 6.26 Å². The van der Waals surface area contributed by atoms with Gasteiger partial charge in [0.15, 0.2) is 0 Å². The predicted molar refractivity (Wildman–Crippen MR) is 67.4 cm³/mol. The molecule has 2 aliphatic heterocycles. The summed E-state index contributed by atoms with van der Waals surface area (Å²) in [5, 5.41) is 3.34. The maximum absolute atomic E-state index is 11.5. The molecule has 96 valence electrons. The first-order valence-corrected chi connectivity index (χ1v) is 7.53. The molecule has 0 radical (unpaired) electrons. The number of piperidine rings is 2. The molecule has 1 spiro atoms. The summed E-state index contributed by atoms with van der Waals surface area (Å²) in [6.45, 7) is 3.54. The zero-order chi connectivity index (χ0) is 10.9. The largest absolute Gasteiger partial charge is 0.317 e. The van der Waals surface area contributed by atoms with Crippen molar-refractivity contribution >= 4 is 22.4 Å². The minimum Gasteiger partial charge on any atom is -0.317 e. The van der Waals surface area contributed by atoms with E-state index in [0.29, 0.717) is 6.54 Å². The van der Waals surface area contributed by atoms with Crippen molar-refractivity contribution in [2.75, 3.05) is 32.4 Å². The van der Waals surface area contributed by atoms with Crippen LogP contribution in [0.1, 0.15) is 25.7 Å². The van der Waals surface area contributed by atoms with Crippen LogP contribution in [0.15, 0.2) is 0 Å². The van der Waals surface area contributed by atoms with E-state index in [1.165, 1.54) is 12.7 Å². The van der Waals surface area contributed by atoms with E-state index < -0.39 is 10.0 Å². The Labute approximate surface area is 104 Å². The van der Waals surface area contributed by atoms with E-state index in [4.69, 9.17) is 0 Å². The molecule has 0 aromatic carbocycles. The van der Waals surface area contributed by atoms with Crippen LogP contribution in [0.2, 0.25) is 0 Å². The summed E-state index contributed by atoms with van der Waals surface area (Å²) in [4.78, 5) is 0. The highest BCUT2D eigenvalue weighted by Gasteiger charge is 2.38. The highest BCUT2D eigenvalue weighted by molar-refractivity contribution is 7.88. The minimum atomic E-state index is -2.99. The van der Waals surface area contributed by atoms with Crippen LogP contribution in [-0.2, 0) is 10.0 Å². The number of nitrogens with zero attached hydrogens (tertiary/aromatic N) is 1. The summed E-state index contributed by atoms with van der Waals surface area (Å²) in [5.41, 5.74) is 0.270. The fraction of sp³-hybridized carbons (Fsp3) is 1.00. The van der Waals surface area contributed by atoms with Gasteiger partial charge in [0.2, 0.25) is 10.0 Å². The van der Waals surface area contributed by atoms with Gasteiger partial charge in [0.1, 0.15) is 0 Å². The van der Waals surface area contributed by atoms with Crippen molar-refractivity contribution in [3.05, 3.63) is 0 Å². The summed E-state index contributed by atoms with van der Waals surface area (Å²) < 4.78 is 24.7. The van der Waals surface area contributed by atoms with E-state index in [2.05, 4.69) is 5.32 Å². The highest BCUT2D eigenvalue weighted by Crippen LogP contribution is 2.38. The van der Waals surface area contributed by atoms with Crippen LogP contribution in [-0.4, -0.2) is 45.2 Å². The molecule has 4 nitrogen and oxygen atoms in total. The Kier molecular flexibility index (Phi) is 4.63. The zero-order valence-corrected chi connectivity index (χ0v) is 11.4. The maximum Gasteiger partial charge on any atom is 0.211 e. The fourth-order valence-electron chi connectivity index (χ4n) is 2.81. The quantitative estimate of drug-likeness (QED) is 0.767. The van der Waals surface area contributed by atoms with Crippen LogP contribution < -0.4 is 5.32 Å². The van der Waals surface area contributed by atoms with Crippen LogP contribution in [0.25, 0.3) is 0 Å². The van der Waals surface area contributed by atoms with Crippen molar-refractivity contribution in [3.8, 4) is 0 Å². The van der Waals surface area contributed by atoms with Crippen molar-refractivity contribution in [2.45, 2.75) is 25.7 Å². The van der Waals surface area contributed by atoms with Gasteiger partial charge >= 0.3 is 0 Å². The Morgan fingerprint density at radius 3 is 2.38 bits per heavy atom. The number of hydrogen-bond donors (Lipinski definition) is 1. The monoisotopic (exact) mass is 268 g/mol. The Hall–Kier alpha value is 0.160. The molecule has 0 unspecified atom stereocenters. The second-order valence-corrected chi connectivity index (χ2v) is 6.93. The molecule has 0 saturated carbocycles. The lowest BCUT2D eigenvalue weighted by atomic mass is 9.73. The maximum atomic E-state index is 11.5. The average molecular weight is 269 g/mol. The number of halogens is 1. The molecule has 2 aliphatic rings. The van der Waals surface area contributed by atoms with E-state index in [-0.39, 0.29) is 17.8 Å². The second kappa shape index (κ2) is 5.21. The van der Waals surface area contributed by atoms with E-state index in [1.54, 1.807) is 4.31 Å². The summed E-state index contributed by atoms with van der Waals surface area (Å²) >= 11 is 0. The molecule has 1 N–H and O–H groups in total. The normalized spacial score (nSPS) is 26.3. The Morgan fingerprint density at radius 1 is 1.19 bits per heavy atom. The molecule has 0 aromatic rings. The smallest absolute Gasteiger partial charge is 0.211 e. The van der Waals surface area contributed by atoms with E-state index >= 15 is 0 Å². The molecule has 0 amide bonds. The van der Waals surface area contributed by atoms with Crippen LogP contribution in [0.5, 0.6) is 0 Å². The van der Waals surface area contributed by atoms with Crippen LogP contribution in [0.4, 0.5) is 0 Å². The molecule has 0 bridgehead atoms. The van der Waals surface area contributed by atoms with Crippen LogP contribution in [0, 0.1) is 5.41 Å². The van der Waals surface area contributed by atoms with Crippen molar-refractivity contribution in [2.24, 2.45) is 5.41 Å². The van der Waals surface area contributed by atoms with E-state index in [0.717, 1.165) is 38.9 Å². The molecule has 16 heavy (non-hydrogen) atoms. The van der Waals surface area contributed by atoms with Gasteiger partial charge in [-0.15, -0.1) is 12.4 Å². The minimum absolute atomic E-state index is 0. The van der Waals surface area contributed by atoms with Gasteiger partial charge in [-0.05, 0) is 44.2 Å². The fourth-order valence-corrected chi connectivity index (χ4v) is 3.78. The van der Waals surface area contributed by atoms with Gasteiger partial charge in [-0.1, -0.05) is 0 Å². The lowest BCUT2D eigenvalue weighted by Gasteiger charge is -2.44. The van der Waals surface area contributed by atoms with Crippen LogP contribution >= 0.6 is 12.4 Å². The Morgan fingerprint density at radius 2 is 1.81 bits per heavy atom. The average Bonchev–Trinajstić information content (AvgIpc) is 2.18. The van der Waals surface area contributed by atoms with Crippen molar-refractivity contribution < 1.29 is 8.42 Å². The topological polar surface area (TPSA) is 49.4 Å². The van der Waals surface area contributed by atoms with Crippen molar-refractivity contribution in [1.29, 1.82) is 0 Å². The number of sulfonamides is 1. The molecule has 2 heterocycles. The summed E-state index contributed by atoms with van der Waals surface area (Å²) in [5.74, 6) is 0. The molecule has 0 aromatic heterocycles. The summed E-state index contributed by atoms with van der Waals surface area (Å²) in [7, 11) is -2.99. The standard InChI is InChI=1S/C10H20N2O2S.ClH/c1-15(13,14)12-8-2-3-10(9-12)4-6-11-7-5-10;/h11H,2-9H2,1H3;1H. The van der Waals surface area contributed by atoms with Crippen molar-refractivity contribution in [3.63, 3.8) is 0 Å². The third kappa shape index (κ3) is 3.09. The zero-order valence-electron chi connectivity index (χ0n) is 9.74. The number of rotatable bonds is 1. The van der Waals surface area contributed by atoms with Crippen LogP contribution in [0.3, 0.4) is 0 Å². The molecule has 2 fully saturated rings. The van der Waals surface area contributed by atoms with E-state index in [9.17, 15) is 8.42 Å². The van der Waals surface area contributed by atoms with Crippen molar-refractivity contribution in [1.82, 2.24) is 9.62 Å². The lowest BCUT2D eigenvalue weighted by molar-refractivity contribution is 0.105. The Balaban J connectivity index is 0.00000128. The number of nitrogens with one attached hydrogen (secondary N) is 1. The molecular formula is C10H21ClN2O2S. The molecule has 2 saturated heterocycles. The number of hydrogen-bond acceptors (Lipinski definition) is 3. The first-order chi connectivity index (χ1) is 7.02. The highest BCUT2D eigenvalue weighted by atomic mass is 35.5. The third-order valence-electron chi connectivity index (χ3n) is 3.76. The lowest BCUT2D eigenvalue weighted by Crippen LogP contribution is -2.49. The van der Waals surface area contributed by atoms with Gasteiger partial charge in [-0.25, -0.2) is 12.7 Å². The predicted octanol–water partition coefficient (Wildman–Crippen LogP) is 0.833. The van der Waals surface area contributed by atoms with E-state index in [1.807, 2.05) is 0 Å². The van der Waals surface area contributed by atoms with Gasteiger partial charge < -0.3 is 5.32 Å². The molecule has 6 heteroatoms. The second-order valence-electron chi connectivity index (χ2n) is 4.95. The Bertz CT molecular complexity index is 320. The third-order valence-corrected chi connectivity index (χ3v) is 5.01. The van der Waals surface area contributed by atoms with Gasteiger partial charge in [-0.3, -0.25) is 0 Å². The van der Waals surface area contributed by atoms with Gasteiger partial charge in [0, 0.05) is 13.1 Å².